The van der Waals surface area contributed by atoms with E-state index in [0.29, 0.717) is 0 Å². The minimum absolute atomic E-state index is 0.150. The molecule has 92 valence electrons. The Labute approximate surface area is 116 Å². The smallest absolute Gasteiger partial charge is 0.254 e. The summed E-state index contributed by atoms with van der Waals surface area (Å²) in [4.78, 5) is 14.3. The van der Waals surface area contributed by atoms with Crippen LogP contribution in [0.25, 0.3) is 0 Å². The van der Waals surface area contributed by atoms with Crippen LogP contribution >= 0.6 is 22.6 Å². The van der Waals surface area contributed by atoms with E-state index >= 15 is 0 Å². The van der Waals surface area contributed by atoms with Gasteiger partial charge in [-0.15, -0.1) is 0 Å². The fraction of sp³-hybridized carbons (Fsp3) is 0.462. The van der Waals surface area contributed by atoms with Gasteiger partial charge in [-0.3, -0.25) is 4.79 Å². The SMILES string of the molecule is Cc1ccc(C(=O)N2CCNC[C@@H]2C)cc1I. The van der Waals surface area contributed by atoms with Crippen molar-refractivity contribution in [1.29, 1.82) is 0 Å². The van der Waals surface area contributed by atoms with Crippen molar-refractivity contribution in [1.82, 2.24) is 10.2 Å². The first kappa shape index (κ1) is 12.8. The lowest BCUT2D eigenvalue weighted by atomic mass is 10.1. The fourth-order valence-electron chi connectivity index (χ4n) is 2.03. The van der Waals surface area contributed by atoms with Crippen LogP contribution < -0.4 is 5.32 Å². The second-order valence-electron chi connectivity index (χ2n) is 4.52. The molecule has 0 unspecified atom stereocenters. The highest BCUT2D eigenvalue weighted by Crippen LogP contribution is 2.16. The van der Waals surface area contributed by atoms with Gasteiger partial charge in [-0.1, -0.05) is 6.07 Å². The topological polar surface area (TPSA) is 32.3 Å². The molecule has 0 saturated carbocycles. The van der Waals surface area contributed by atoms with Gasteiger partial charge in [0.1, 0.15) is 0 Å². The molecule has 1 heterocycles. The third kappa shape index (κ3) is 2.80. The largest absolute Gasteiger partial charge is 0.333 e. The zero-order valence-corrected chi connectivity index (χ0v) is 12.3. The summed E-state index contributed by atoms with van der Waals surface area (Å²) in [6, 6.07) is 6.19. The number of hydrogen-bond donors (Lipinski definition) is 1. The van der Waals surface area contributed by atoms with Crippen molar-refractivity contribution in [3.05, 3.63) is 32.9 Å². The van der Waals surface area contributed by atoms with Crippen molar-refractivity contribution in [2.75, 3.05) is 19.6 Å². The van der Waals surface area contributed by atoms with Gasteiger partial charge in [-0.05, 0) is 54.1 Å². The molecular weight excluding hydrogens is 327 g/mol. The number of nitrogens with zero attached hydrogens (tertiary/aromatic N) is 1. The van der Waals surface area contributed by atoms with Crippen LogP contribution in [0.1, 0.15) is 22.8 Å². The average molecular weight is 344 g/mol. The average Bonchev–Trinajstić information content (AvgIpc) is 2.32. The third-order valence-corrected chi connectivity index (χ3v) is 4.34. The van der Waals surface area contributed by atoms with E-state index in [4.69, 9.17) is 0 Å². The molecule has 0 spiro atoms. The standard InChI is InChI=1S/C13H17IN2O/c1-9-3-4-11(7-12(9)14)13(17)16-6-5-15-8-10(16)2/h3-4,7,10,15H,5-6,8H2,1-2H3/t10-/m0/s1. The number of nitrogens with one attached hydrogen (secondary N) is 1. The number of hydrogen-bond acceptors (Lipinski definition) is 2. The molecule has 0 aliphatic carbocycles. The van der Waals surface area contributed by atoms with Crippen LogP contribution in [0.4, 0.5) is 0 Å². The van der Waals surface area contributed by atoms with Crippen LogP contribution in [-0.4, -0.2) is 36.5 Å². The van der Waals surface area contributed by atoms with E-state index in [2.05, 4.69) is 41.8 Å². The fourth-order valence-corrected chi connectivity index (χ4v) is 2.55. The predicted molar refractivity (Wildman–Crippen MR) is 77.3 cm³/mol. The molecule has 0 aromatic heterocycles. The van der Waals surface area contributed by atoms with Gasteiger partial charge in [0.25, 0.3) is 5.91 Å². The Balaban J connectivity index is 2.21. The minimum Gasteiger partial charge on any atom is -0.333 e. The van der Waals surface area contributed by atoms with Crippen molar-refractivity contribution in [3.63, 3.8) is 0 Å². The summed E-state index contributed by atoms with van der Waals surface area (Å²) >= 11 is 2.28. The molecule has 2 rings (SSSR count). The van der Waals surface area contributed by atoms with E-state index in [1.807, 2.05) is 23.1 Å². The van der Waals surface area contributed by atoms with Crippen molar-refractivity contribution in [2.45, 2.75) is 19.9 Å². The molecule has 1 fully saturated rings. The van der Waals surface area contributed by atoms with E-state index in [9.17, 15) is 4.79 Å². The Hall–Kier alpha value is -0.620. The van der Waals surface area contributed by atoms with Crippen LogP contribution in [0.5, 0.6) is 0 Å². The second-order valence-corrected chi connectivity index (χ2v) is 5.68. The molecule has 1 aromatic rings. The van der Waals surface area contributed by atoms with Gasteiger partial charge in [0, 0.05) is 34.8 Å². The summed E-state index contributed by atoms with van der Waals surface area (Å²) in [6.45, 7) is 6.71. The first-order valence-corrected chi connectivity index (χ1v) is 6.95. The second kappa shape index (κ2) is 5.35. The number of aryl methyl sites for hydroxylation is 1. The van der Waals surface area contributed by atoms with Gasteiger partial charge >= 0.3 is 0 Å². The molecule has 1 amide bonds. The maximum atomic E-state index is 12.4. The summed E-state index contributed by atoms with van der Waals surface area (Å²) < 4.78 is 1.15. The normalized spacial score (nSPS) is 20.4. The van der Waals surface area contributed by atoms with Crippen LogP contribution in [0.15, 0.2) is 18.2 Å². The van der Waals surface area contributed by atoms with E-state index in [0.717, 1.165) is 28.8 Å². The van der Waals surface area contributed by atoms with Gasteiger partial charge in [0.15, 0.2) is 0 Å². The zero-order valence-electron chi connectivity index (χ0n) is 10.2. The number of carbonyl (C=O) groups is 1. The maximum absolute atomic E-state index is 12.4. The maximum Gasteiger partial charge on any atom is 0.254 e. The predicted octanol–water partition coefficient (Wildman–Crippen LogP) is 2.03. The van der Waals surface area contributed by atoms with Gasteiger partial charge in [0.2, 0.25) is 0 Å². The Kier molecular flexibility index (Phi) is 4.04. The minimum atomic E-state index is 0.150. The molecule has 0 radical (unpaired) electrons. The Bertz CT molecular complexity index is 433. The number of amides is 1. The Morgan fingerprint density at radius 3 is 2.94 bits per heavy atom. The van der Waals surface area contributed by atoms with Crippen LogP contribution in [0.3, 0.4) is 0 Å². The highest BCUT2D eigenvalue weighted by Gasteiger charge is 2.24. The summed E-state index contributed by atoms with van der Waals surface area (Å²) in [7, 11) is 0. The number of benzene rings is 1. The number of rotatable bonds is 1. The number of piperazine rings is 1. The molecule has 17 heavy (non-hydrogen) atoms. The van der Waals surface area contributed by atoms with Crippen LogP contribution in [0, 0.1) is 10.5 Å². The highest BCUT2D eigenvalue weighted by molar-refractivity contribution is 14.1. The molecule has 1 aliphatic rings. The van der Waals surface area contributed by atoms with E-state index < -0.39 is 0 Å². The van der Waals surface area contributed by atoms with Gasteiger partial charge in [-0.2, -0.15) is 0 Å². The lowest BCUT2D eigenvalue weighted by molar-refractivity contribution is 0.0655. The lowest BCUT2D eigenvalue weighted by Crippen LogP contribution is -2.52. The van der Waals surface area contributed by atoms with E-state index in [1.165, 1.54) is 5.56 Å². The molecule has 3 nitrogen and oxygen atoms in total. The first-order chi connectivity index (χ1) is 8.09. The van der Waals surface area contributed by atoms with Gasteiger partial charge in [0.05, 0.1) is 0 Å². The van der Waals surface area contributed by atoms with Crippen molar-refractivity contribution in [3.8, 4) is 0 Å². The quantitative estimate of drug-likeness (QED) is 0.791. The summed E-state index contributed by atoms with van der Waals surface area (Å²) in [6.07, 6.45) is 0. The monoisotopic (exact) mass is 344 g/mol. The molecule has 0 bridgehead atoms. The molecule has 4 heteroatoms. The van der Waals surface area contributed by atoms with Crippen LogP contribution in [0.2, 0.25) is 0 Å². The van der Waals surface area contributed by atoms with E-state index in [-0.39, 0.29) is 11.9 Å². The Morgan fingerprint density at radius 2 is 2.29 bits per heavy atom. The summed E-state index contributed by atoms with van der Waals surface area (Å²) in [5.74, 6) is 0.150. The van der Waals surface area contributed by atoms with Crippen LogP contribution in [-0.2, 0) is 0 Å². The van der Waals surface area contributed by atoms with Crippen molar-refractivity contribution in [2.24, 2.45) is 0 Å². The molecule has 1 saturated heterocycles. The lowest BCUT2D eigenvalue weighted by Gasteiger charge is -2.34. The Morgan fingerprint density at radius 1 is 1.53 bits per heavy atom. The summed E-state index contributed by atoms with van der Waals surface area (Å²) in [5.41, 5.74) is 2.02. The van der Waals surface area contributed by atoms with Gasteiger partial charge in [-0.25, -0.2) is 0 Å². The van der Waals surface area contributed by atoms with Gasteiger partial charge < -0.3 is 10.2 Å². The molecule has 1 aromatic carbocycles. The zero-order chi connectivity index (χ0) is 12.4. The summed E-state index contributed by atoms with van der Waals surface area (Å²) in [5, 5.41) is 3.30. The third-order valence-electron chi connectivity index (χ3n) is 3.18. The van der Waals surface area contributed by atoms with Crippen molar-refractivity contribution >= 4 is 28.5 Å². The van der Waals surface area contributed by atoms with Crippen molar-refractivity contribution < 1.29 is 4.79 Å². The molecule has 1 N–H and O–H groups in total. The molecule has 1 atom stereocenters. The highest BCUT2D eigenvalue weighted by atomic mass is 127. The first-order valence-electron chi connectivity index (χ1n) is 5.87. The molecular formula is C13H17IN2O. The van der Waals surface area contributed by atoms with E-state index in [1.54, 1.807) is 0 Å². The number of carbonyl (C=O) groups excluding carboxylic acids is 1. The molecule has 1 aliphatic heterocycles. The number of halogens is 1.